The van der Waals surface area contributed by atoms with Crippen molar-refractivity contribution < 1.29 is 9.53 Å². The van der Waals surface area contributed by atoms with Gasteiger partial charge in [-0.15, -0.1) is 0 Å². The fourth-order valence-electron chi connectivity index (χ4n) is 1.59. The molecule has 0 N–H and O–H groups in total. The highest BCUT2D eigenvalue weighted by atomic mass is 16.5. The fourth-order valence-corrected chi connectivity index (χ4v) is 1.59. The second kappa shape index (κ2) is 4.52. The van der Waals surface area contributed by atoms with Crippen LogP contribution in [-0.2, 0) is 15.6 Å². The monoisotopic (exact) mass is 234 g/mol. The van der Waals surface area contributed by atoms with Crippen LogP contribution in [0.25, 0.3) is 0 Å². The number of carbonyl (C=O) groups is 1. The molecule has 1 aromatic rings. The first kappa shape index (κ1) is 13.8. The van der Waals surface area contributed by atoms with Gasteiger partial charge in [-0.3, -0.25) is 4.79 Å². The second-order valence-electron chi connectivity index (χ2n) is 6.46. The van der Waals surface area contributed by atoms with Crippen molar-refractivity contribution in [2.24, 2.45) is 0 Å². The summed E-state index contributed by atoms with van der Waals surface area (Å²) in [6.45, 7) is 13.4. The number of ether oxygens (including phenoxy) is 1. The number of carbonyl (C=O) groups excluding carboxylic acids is 1. The molecule has 0 aliphatic heterocycles. The van der Waals surface area contributed by atoms with Crippen molar-refractivity contribution in [3.8, 4) is 5.75 Å². The van der Waals surface area contributed by atoms with Gasteiger partial charge in [0.2, 0.25) is 0 Å². The average Bonchev–Trinajstić information content (AvgIpc) is 2.15. The maximum atomic E-state index is 10.5. The molecule has 0 unspecified atom stereocenters. The van der Waals surface area contributed by atoms with Gasteiger partial charge in [-0.1, -0.05) is 47.6 Å². The Morgan fingerprint density at radius 1 is 0.882 bits per heavy atom. The van der Waals surface area contributed by atoms with Crippen molar-refractivity contribution in [2.45, 2.75) is 52.4 Å². The van der Waals surface area contributed by atoms with Gasteiger partial charge in [-0.25, -0.2) is 0 Å². The molecule has 0 saturated carbocycles. The minimum atomic E-state index is 0.0439. The normalized spacial score (nSPS) is 12.4. The van der Waals surface area contributed by atoms with Crippen LogP contribution in [-0.4, -0.2) is 6.47 Å². The number of hydrogen-bond acceptors (Lipinski definition) is 2. The van der Waals surface area contributed by atoms with Crippen LogP contribution < -0.4 is 4.74 Å². The highest BCUT2D eigenvalue weighted by Gasteiger charge is 2.20. The Hall–Kier alpha value is -1.31. The van der Waals surface area contributed by atoms with E-state index < -0.39 is 0 Å². The van der Waals surface area contributed by atoms with Crippen LogP contribution in [0.15, 0.2) is 18.2 Å². The molecular weight excluding hydrogens is 212 g/mol. The van der Waals surface area contributed by atoms with E-state index in [9.17, 15) is 4.79 Å². The zero-order chi connectivity index (χ0) is 13.3. The topological polar surface area (TPSA) is 26.3 Å². The molecule has 1 rings (SSSR count). The summed E-state index contributed by atoms with van der Waals surface area (Å²) < 4.78 is 5.00. The van der Waals surface area contributed by atoms with Crippen molar-refractivity contribution in [1.29, 1.82) is 0 Å². The lowest BCUT2D eigenvalue weighted by atomic mass is 9.80. The molecule has 0 bridgehead atoms. The predicted octanol–water partition coefficient (Wildman–Crippen LogP) is 3.82. The quantitative estimate of drug-likeness (QED) is 0.727. The van der Waals surface area contributed by atoms with Crippen LogP contribution in [0.5, 0.6) is 5.75 Å². The van der Waals surface area contributed by atoms with E-state index in [1.807, 2.05) is 12.1 Å². The molecule has 0 atom stereocenters. The summed E-state index contributed by atoms with van der Waals surface area (Å²) >= 11 is 0. The van der Waals surface area contributed by atoms with Crippen molar-refractivity contribution in [2.75, 3.05) is 0 Å². The maximum Gasteiger partial charge on any atom is 0.298 e. The molecule has 2 nitrogen and oxygen atoms in total. The Labute approximate surface area is 104 Å². The van der Waals surface area contributed by atoms with E-state index in [1.54, 1.807) is 0 Å². The van der Waals surface area contributed by atoms with E-state index in [-0.39, 0.29) is 10.8 Å². The molecule has 0 aromatic heterocycles. The number of hydrogen-bond donors (Lipinski definition) is 0. The summed E-state index contributed by atoms with van der Waals surface area (Å²) in [6.07, 6.45) is 0. The van der Waals surface area contributed by atoms with Crippen LogP contribution in [0.3, 0.4) is 0 Å². The zero-order valence-electron chi connectivity index (χ0n) is 11.6. The first-order valence-electron chi connectivity index (χ1n) is 5.91. The lowest BCUT2D eigenvalue weighted by molar-refractivity contribution is -0.120. The first-order chi connectivity index (χ1) is 7.64. The summed E-state index contributed by atoms with van der Waals surface area (Å²) in [5.74, 6) is 0.623. The van der Waals surface area contributed by atoms with Crippen LogP contribution in [0.4, 0.5) is 0 Å². The third-order valence-electron chi connectivity index (χ3n) is 2.82. The lowest BCUT2D eigenvalue weighted by Crippen LogP contribution is -2.16. The van der Waals surface area contributed by atoms with Crippen molar-refractivity contribution in [3.63, 3.8) is 0 Å². The molecular formula is C15H22O2. The molecule has 0 aliphatic rings. The summed E-state index contributed by atoms with van der Waals surface area (Å²) in [5.41, 5.74) is 2.45. The van der Waals surface area contributed by atoms with Crippen LogP contribution in [0.1, 0.15) is 52.7 Å². The Balaban J connectivity index is 3.34. The average molecular weight is 234 g/mol. The van der Waals surface area contributed by atoms with E-state index in [0.717, 1.165) is 0 Å². The molecule has 0 radical (unpaired) electrons. The Morgan fingerprint density at radius 2 is 1.29 bits per heavy atom. The van der Waals surface area contributed by atoms with E-state index >= 15 is 0 Å². The highest BCUT2D eigenvalue weighted by Crippen LogP contribution is 2.32. The lowest BCUT2D eigenvalue weighted by Gasteiger charge is -2.25. The largest absolute Gasteiger partial charge is 0.429 e. The molecule has 17 heavy (non-hydrogen) atoms. The zero-order valence-corrected chi connectivity index (χ0v) is 11.6. The van der Waals surface area contributed by atoms with Crippen molar-refractivity contribution >= 4 is 6.47 Å². The molecule has 0 spiro atoms. The van der Waals surface area contributed by atoms with Gasteiger partial charge in [0, 0.05) is 0 Å². The minimum Gasteiger partial charge on any atom is -0.429 e. The van der Waals surface area contributed by atoms with Gasteiger partial charge in [0.25, 0.3) is 6.47 Å². The fraction of sp³-hybridized carbons (Fsp3) is 0.533. The number of rotatable bonds is 2. The van der Waals surface area contributed by atoms with Crippen LogP contribution in [0, 0.1) is 0 Å². The van der Waals surface area contributed by atoms with Gasteiger partial charge < -0.3 is 4.74 Å². The summed E-state index contributed by atoms with van der Waals surface area (Å²) in [4.78, 5) is 10.5. The molecule has 1 aromatic carbocycles. The molecule has 2 heteroatoms. The van der Waals surface area contributed by atoms with Crippen molar-refractivity contribution in [3.05, 3.63) is 29.3 Å². The first-order valence-corrected chi connectivity index (χ1v) is 5.91. The van der Waals surface area contributed by atoms with Gasteiger partial charge >= 0.3 is 0 Å². The maximum absolute atomic E-state index is 10.5. The van der Waals surface area contributed by atoms with E-state index in [0.29, 0.717) is 12.2 Å². The third kappa shape index (κ3) is 3.58. The smallest absolute Gasteiger partial charge is 0.298 e. The molecule has 0 fully saturated rings. The molecule has 0 aliphatic carbocycles. The van der Waals surface area contributed by atoms with Gasteiger partial charge in [-0.2, -0.15) is 0 Å². The van der Waals surface area contributed by atoms with Gasteiger partial charge in [0.1, 0.15) is 5.75 Å². The van der Waals surface area contributed by atoms with Crippen LogP contribution in [0.2, 0.25) is 0 Å². The highest BCUT2D eigenvalue weighted by molar-refractivity contribution is 5.48. The number of benzene rings is 1. The third-order valence-corrected chi connectivity index (χ3v) is 2.82. The van der Waals surface area contributed by atoms with Gasteiger partial charge in [0.05, 0.1) is 0 Å². The van der Waals surface area contributed by atoms with Gasteiger partial charge in [-0.05, 0) is 34.1 Å². The predicted molar refractivity (Wildman–Crippen MR) is 70.5 cm³/mol. The summed E-state index contributed by atoms with van der Waals surface area (Å²) in [5, 5.41) is 0. The molecule has 0 amide bonds. The van der Waals surface area contributed by atoms with E-state index in [1.165, 1.54) is 11.1 Å². The van der Waals surface area contributed by atoms with Gasteiger partial charge in [0.15, 0.2) is 0 Å². The second-order valence-corrected chi connectivity index (χ2v) is 6.46. The van der Waals surface area contributed by atoms with E-state index in [2.05, 4.69) is 47.6 Å². The summed E-state index contributed by atoms with van der Waals surface area (Å²) in [7, 11) is 0. The molecule has 0 heterocycles. The van der Waals surface area contributed by atoms with Crippen molar-refractivity contribution in [1.82, 2.24) is 0 Å². The standard InChI is InChI=1S/C15H22O2/c1-14(2,3)11-7-12(15(4,5)6)9-13(8-11)17-10-16/h7-10H,1-6H3. The summed E-state index contributed by atoms with van der Waals surface area (Å²) in [6, 6.07) is 6.06. The minimum absolute atomic E-state index is 0.0439. The molecule has 0 saturated heterocycles. The Morgan fingerprint density at radius 3 is 1.59 bits per heavy atom. The SMILES string of the molecule is CC(C)(C)c1cc(OC=O)cc(C(C)(C)C)c1. The van der Waals surface area contributed by atoms with Crippen LogP contribution >= 0.6 is 0 Å². The Bertz CT molecular complexity index is 374. The molecule has 94 valence electrons. The van der Waals surface area contributed by atoms with E-state index in [4.69, 9.17) is 4.74 Å². The Kier molecular flexibility index (Phi) is 3.65.